The maximum Gasteiger partial charge on any atom is 0.220 e. The summed E-state index contributed by atoms with van der Waals surface area (Å²) in [6, 6.07) is -0.915. The molecule has 2 aliphatic heterocycles. The van der Waals surface area contributed by atoms with Crippen molar-refractivity contribution in [2.45, 2.75) is 293 Å². The van der Waals surface area contributed by atoms with Gasteiger partial charge >= 0.3 is 0 Å². The molecule has 12 atom stereocenters. The molecule has 72 heavy (non-hydrogen) atoms. The zero-order chi connectivity index (χ0) is 52.4. The van der Waals surface area contributed by atoms with Crippen molar-refractivity contribution in [1.82, 2.24) is 5.32 Å². The minimum Gasteiger partial charge on any atom is -0.394 e. The molecule has 1 amide bonds. The highest BCUT2D eigenvalue weighted by molar-refractivity contribution is 5.76. The maximum atomic E-state index is 13.2. The lowest BCUT2D eigenvalue weighted by atomic mass is 9.97. The van der Waals surface area contributed by atoms with Gasteiger partial charge in [0.05, 0.1) is 32.0 Å². The third-order valence-electron chi connectivity index (χ3n) is 14.0. The van der Waals surface area contributed by atoms with Gasteiger partial charge in [-0.05, 0) is 57.8 Å². The van der Waals surface area contributed by atoms with Gasteiger partial charge in [0.25, 0.3) is 0 Å². The molecule has 2 heterocycles. The van der Waals surface area contributed by atoms with E-state index in [1.54, 1.807) is 6.08 Å². The quantitative estimate of drug-likeness (QED) is 0.0205. The number of carbonyl (C=O) groups excluding carboxylic acids is 1. The summed E-state index contributed by atoms with van der Waals surface area (Å²) in [5.74, 6) is -0.244. The molecule has 12 unspecified atom stereocenters. The summed E-state index contributed by atoms with van der Waals surface area (Å²) in [4.78, 5) is 13.2. The summed E-state index contributed by atoms with van der Waals surface area (Å²) in [6.45, 7) is 2.76. The van der Waals surface area contributed by atoms with Gasteiger partial charge in [0, 0.05) is 6.42 Å². The minimum atomic E-state index is -1.79. The molecule has 2 rings (SSSR count). The Bertz CT molecular complexity index is 1390. The van der Waals surface area contributed by atoms with Crippen LogP contribution in [0.2, 0.25) is 0 Å². The Morgan fingerprint density at radius 3 is 1.40 bits per heavy atom. The molecule has 2 saturated heterocycles. The van der Waals surface area contributed by atoms with Crippen LogP contribution in [0.5, 0.6) is 0 Å². The smallest absolute Gasteiger partial charge is 0.220 e. The number of hydrogen-bond acceptors (Lipinski definition) is 13. The van der Waals surface area contributed by atoms with E-state index in [9.17, 15) is 45.6 Å². The van der Waals surface area contributed by atoms with Crippen LogP contribution in [0.1, 0.15) is 219 Å². The molecule has 14 heteroatoms. The fourth-order valence-corrected chi connectivity index (χ4v) is 9.30. The molecule has 14 nitrogen and oxygen atoms in total. The predicted octanol–water partition coefficient (Wildman–Crippen LogP) is 9.22. The molecule has 0 radical (unpaired) electrons. The maximum absolute atomic E-state index is 13.2. The first-order chi connectivity index (χ1) is 35.1. The predicted molar refractivity (Wildman–Crippen MR) is 286 cm³/mol. The normalized spacial score (nSPS) is 25.9. The Morgan fingerprint density at radius 1 is 0.500 bits per heavy atom. The van der Waals surface area contributed by atoms with Crippen molar-refractivity contribution in [2.24, 2.45) is 0 Å². The van der Waals surface area contributed by atoms with Crippen LogP contribution in [-0.2, 0) is 23.7 Å². The van der Waals surface area contributed by atoms with E-state index in [0.29, 0.717) is 6.42 Å². The summed E-state index contributed by atoms with van der Waals surface area (Å²) in [5.41, 5.74) is 0. The molecule has 0 aromatic carbocycles. The van der Waals surface area contributed by atoms with Crippen LogP contribution in [-0.4, -0.2) is 140 Å². The van der Waals surface area contributed by atoms with E-state index in [0.717, 1.165) is 51.4 Å². The van der Waals surface area contributed by atoms with Crippen LogP contribution >= 0.6 is 0 Å². The Kier molecular flexibility index (Phi) is 40.5. The van der Waals surface area contributed by atoms with Gasteiger partial charge in [-0.1, -0.05) is 204 Å². The van der Waals surface area contributed by atoms with Crippen molar-refractivity contribution in [1.29, 1.82) is 0 Å². The van der Waals surface area contributed by atoms with E-state index in [1.807, 2.05) is 6.08 Å². The zero-order valence-electron chi connectivity index (χ0n) is 44.9. The Morgan fingerprint density at radius 2 is 0.917 bits per heavy atom. The average molecular weight is 1020 g/mol. The number of allylic oxidation sites excluding steroid dienone is 7. The van der Waals surface area contributed by atoms with Crippen molar-refractivity contribution in [2.75, 3.05) is 19.8 Å². The second-order valence-corrected chi connectivity index (χ2v) is 20.4. The van der Waals surface area contributed by atoms with Crippen molar-refractivity contribution < 1.29 is 64.6 Å². The molecule has 0 aromatic heterocycles. The van der Waals surface area contributed by atoms with E-state index < -0.39 is 86.8 Å². The third-order valence-corrected chi connectivity index (χ3v) is 14.0. The van der Waals surface area contributed by atoms with Gasteiger partial charge < -0.3 is 65.1 Å². The number of aliphatic hydroxyl groups is 8. The zero-order valence-corrected chi connectivity index (χ0v) is 44.9. The topological polar surface area (TPSA) is 228 Å². The SMILES string of the molecule is CCCCCCC/C=C\C/C=C\C/C=C\CCCCCCCCCCCCCCC(=O)NC(COC1OC(CO)C(OC2OC(CO)C(O)C(O)C2O)C(O)C1O)C(O)/C=C/CCCCCCCCCCC. The van der Waals surface area contributed by atoms with Gasteiger partial charge in [-0.25, -0.2) is 0 Å². The number of nitrogens with one attached hydrogen (secondary N) is 1. The van der Waals surface area contributed by atoms with Crippen LogP contribution in [0.4, 0.5) is 0 Å². The number of unbranched alkanes of at least 4 members (excludes halogenated alkanes) is 26. The number of hydrogen-bond donors (Lipinski definition) is 9. The van der Waals surface area contributed by atoms with Crippen molar-refractivity contribution >= 4 is 5.91 Å². The summed E-state index contributed by atoms with van der Waals surface area (Å²) in [6.07, 6.45) is 37.3. The van der Waals surface area contributed by atoms with Gasteiger partial charge in [-0.2, -0.15) is 0 Å². The molecule has 0 spiro atoms. The van der Waals surface area contributed by atoms with Gasteiger partial charge in [-0.3, -0.25) is 4.79 Å². The van der Waals surface area contributed by atoms with E-state index >= 15 is 0 Å². The number of ether oxygens (including phenoxy) is 4. The van der Waals surface area contributed by atoms with E-state index in [2.05, 4.69) is 55.6 Å². The second-order valence-electron chi connectivity index (χ2n) is 20.4. The van der Waals surface area contributed by atoms with Crippen LogP contribution < -0.4 is 5.32 Å². The Labute approximate surface area is 435 Å². The Balaban J connectivity index is 1.71. The highest BCUT2D eigenvalue weighted by Crippen LogP contribution is 2.30. The van der Waals surface area contributed by atoms with Gasteiger partial charge in [0.2, 0.25) is 5.91 Å². The van der Waals surface area contributed by atoms with Crippen molar-refractivity contribution in [3.63, 3.8) is 0 Å². The molecule has 9 N–H and O–H groups in total. The van der Waals surface area contributed by atoms with Crippen molar-refractivity contribution in [3.8, 4) is 0 Å². The summed E-state index contributed by atoms with van der Waals surface area (Å²) < 4.78 is 22.7. The van der Waals surface area contributed by atoms with E-state index in [-0.39, 0.29) is 18.9 Å². The fourth-order valence-electron chi connectivity index (χ4n) is 9.30. The van der Waals surface area contributed by atoms with Gasteiger partial charge in [0.15, 0.2) is 12.6 Å². The molecule has 0 aliphatic carbocycles. The standard InChI is InChI=1S/C58H105NO13/c1-3-5-7-9-11-13-15-16-17-18-19-20-21-22-23-24-25-26-27-28-29-30-32-34-36-38-40-42-50(63)59-46(47(62)41-39-37-35-33-31-14-12-10-8-6-4-2)45-69-57-55(68)53(66)56(49(44-61)71-57)72-58-54(67)52(65)51(64)48(43-60)70-58/h15-16,18-19,21-22,39,41,46-49,51-58,60-62,64-68H,3-14,17,20,23-38,40,42-45H2,1-2H3,(H,59,63)/b16-15-,19-18-,22-21-,41-39+. The van der Waals surface area contributed by atoms with Crippen LogP contribution in [0.15, 0.2) is 48.6 Å². The molecule has 0 saturated carbocycles. The molecular weight excluding hydrogens is 919 g/mol. The summed E-state index contributed by atoms with van der Waals surface area (Å²) in [5, 5.41) is 86.8. The highest BCUT2D eigenvalue weighted by atomic mass is 16.7. The van der Waals surface area contributed by atoms with Crippen LogP contribution in [0.25, 0.3) is 0 Å². The second kappa shape index (κ2) is 44.1. The van der Waals surface area contributed by atoms with Gasteiger partial charge in [-0.15, -0.1) is 0 Å². The fraction of sp³-hybridized carbons (Fsp3) is 0.845. The lowest BCUT2D eigenvalue weighted by Gasteiger charge is -2.46. The average Bonchev–Trinajstić information content (AvgIpc) is 3.38. The van der Waals surface area contributed by atoms with E-state index in [4.69, 9.17) is 18.9 Å². The summed E-state index contributed by atoms with van der Waals surface area (Å²) >= 11 is 0. The number of amides is 1. The molecule has 420 valence electrons. The first-order valence-corrected chi connectivity index (χ1v) is 28.9. The molecule has 0 aromatic rings. The van der Waals surface area contributed by atoms with Crippen molar-refractivity contribution in [3.05, 3.63) is 48.6 Å². The number of aliphatic hydroxyl groups excluding tert-OH is 8. The van der Waals surface area contributed by atoms with Crippen LogP contribution in [0, 0.1) is 0 Å². The lowest BCUT2D eigenvalue weighted by Crippen LogP contribution is -2.65. The third kappa shape index (κ3) is 29.9. The minimum absolute atomic E-state index is 0.244. The molecule has 0 bridgehead atoms. The molecular formula is C58H105NO13. The van der Waals surface area contributed by atoms with Crippen LogP contribution in [0.3, 0.4) is 0 Å². The van der Waals surface area contributed by atoms with Gasteiger partial charge in [0.1, 0.15) is 48.8 Å². The number of rotatable bonds is 45. The monoisotopic (exact) mass is 1020 g/mol. The highest BCUT2D eigenvalue weighted by Gasteiger charge is 2.51. The first-order valence-electron chi connectivity index (χ1n) is 28.9. The Hall–Kier alpha value is -2.05. The lowest BCUT2D eigenvalue weighted by molar-refractivity contribution is -0.359. The molecule has 2 fully saturated rings. The molecule has 2 aliphatic rings. The van der Waals surface area contributed by atoms with E-state index in [1.165, 1.54) is 141 Å². The summed E-state index contributed by atoms with van der Waals surface area (Å²) in [7, 11) is 0. The first kappa shape index (κ1) is 66.1. The number of carbonyl (C=O) groups is 1. The largest absolute Gasteiger partial charge is 0.394 e.